The minimum absolute atomic E-state index is 0.191. The van der Waals surface area contributed by atoms with Gasteiger partial charge in [-0.3, -0.25) is 4.79 Å². The summed E-state index contributed by atoms with van der Waals surface area (Å²) in [6, 6.07) is 5.12. The highest BCUT2D eigenvalue weighted by atomic mass is 35.5. The van der Waals surface area contributed by atoms with Crippen molar-refractivity contribution in [2.24, 2.45) is 5.73 Å². The van der Waals surface area contributed by atoms with Crippen LogP contribution in [0, 0.1) is 6.92 Å². The number of nitrogens with two attached hydrogens (primary N) is 1. The molecule has 0 saturated carbocycles. The highest BCUT2D eigenvalue weighted by Gasteiger charge is 2.14. The Morgan fingerprint density at radius 1 is 1.56 bits per heavy atom. The van der Waals surface area contributed by atoms with Crippen molar-refractivity contribution in [2.75, 3.05) is 6.61 Å². The molecule has 1 rings (SSSR count). The van der Waals surface area contributed by atoms with Gasteiger partial charge in [0.05, 0.1) is 13.0 Å². The molecule has 0 unspecified atom stereocenters. The summed E-state index contributed by atoms with van der Waals surface area (Å²) in [5, 5.41) is 0.671. The molecule has 3 nitrogen and oxygen atoms in total. The number of rotatable bonds is 4. The van der Waals surface area contributed by atoms with Crippen LogP contribution in [-0.4, -0.2) is 12.6 Å². The standard InChI is InChI=1S/C12H16ClNO2/c1-3-16-12(15)7-11(14)10-5-4-9(13)6-8(10)2/h4-6,11H,3,7,14H2,1-2H3/t11-/m0/s1. The first-order valence-electron chi connectivity index (χ1n) is 5.21. The van der Waals surface area contributed by atoms with Crippen LogP contribution in [0.15, 0.2) is 18.2 Å². The number of carbonyl (C=O) groups is 1. The van der Waals surface area contributed by atoms with E-state index in [2.05, 4.69) is 0 Å². The first kappa shape index (κ1) is 13.0. The molecule has 1 aromatic rings. The van der Waals surface area contributed by atoms with Crippen LogP contribution in [0.1, 0.15) is 30.5 Å². The molecule has 0 fully saturated rings. The van der Waals surface area contributed by atoms with E-state index in [0.29, 0.717) is 11.6 Å². The Kier molecular flexibility index (Phi) is 4.77. The van der Waals surface area contributed by atoms with Crippen LogP contribution in [0.5, 0.6) is 0 Å². The first-order chi connectivity index (χ1) is 7.54. The minimum Gasteiger partial charge on any atom is -0.466 e. The maximum atomic E-state index is 11.3. The quantitative estimate of drug-likeness (QED) is 0.825. The Labute approximate surface area is 101 Å². The van der Waals surface area contributed by atoms with Gasteiger partial charge in [-0.15, -0.1) is 0 Å². The number of carbonyl (C=O) groups excluding carboxylic acids is 1. The Balaban J connectivity index is 2.72. The molecule has 4 heteroatoms. The van der Waals surface area contributed by atoms with Crippen molar-refractivity contribution in [2.45, 2.75) is 26.3 Å². The molecule has 0 aliphatic heterocycles. The van der Waals surface area contributed by atoms with Crippen molar-refractivity contribution in [3.05, 3.63) is 34.3 Å². The minimum atomic E-state index is -0.337. The van der Waals surface area contributed by atoms with Crippen LogP contribution in [0.4, 0.5) is 0 Å². The van der Waals surface area contributed by atoms with Crippen molar-refractivity contribution >= 4 is 17.6 Å². The van der Waals surface area contributed by atoms with Crippen LogP contribution in [0.3, 0.4) is 0 Å². The summed E-state index contributed by atoms with van der Waals surface area (Å²) in [7, 11) is 0. The van der Waals surface area contributed by atoms with E-state index in [4.69, 9.17) is 22.1 Å². The molecule has 0 aliphatic carbocycles. The molecule has 0 aliphatic rings. The van der Waals surface area contributed by atoms with Crippen LogP contribution >= 0.6 is 11.6 Å². The fraction of sp³-hybridized carbons (Fsp3) is 0.417. The molecule has 88 valence electrons. The second-order valence-electron chi connectivity index (χ2n) is 3.62. The summed E-state index contributed by atoms with van der Waals surface area (Å²) in [4.78, 5) is 11.3. The van der Waals surface area contributed by atoms with Crippen LogP contribution in [0.25, 0.3) is 0 Å². The van der Waals surface area contributed by atoms with Crippen molar-refractivity contribution < 1.29 is 9.53 Å². The smallest absolute Gasteiger partial charge is 0.307 e. The largest absolute Gasteiger partial charge is 0.466 e. The van der Waals surface area contributed by atoms with Gasteiger partial charge in [0.2, 0.25) is 0 Å². The molecular formula is C12H16ClNO2. The van der Waals surface area contributed by atoms with Gasteiger partial charge < -0.3 is 10.5 Å². The highest BCUT2D eigenvalue weighted by Crippen LogP contribution is 2.22. The Morgan fingerprint density at radius 3 is 2.81 bits per heavy atom. The molecule has 0 aromatic heterocycles. The molecule has 0 radical (unpaired) electrons. The van der Waals surface area contributed by atoms with Gasteiger partial charge in [-0.2, -0.15) is 0 Å². The number of hydrogen-bond acceptors (Lipinski definition) is 3. The van der Waals surface area contributed by atoms with Crippen LogP contribution in [-0.2, 0) is 9.53 Å². The number of aryl methyl sites for hydroxylation is 1. The molecule has 0 amide bonds. The summed E-state index contributed by atoms with van der Waals surface area (Å²) >= 11 is 5.84. The van der Waals surface area contributed by atoms with E-state index in [0.717, 1.165) is 11.1 Å². The molecule has 1 aromatic carbocycles. The lowest BCUT2D eigenvalue weighted by Gasteiger charge is -2.14. The average Bonchev–Trinajstić information content (AvgIpc) is 2.17. The number of ether oxygens (including phenoxy) is 1. The Bertz CT molecular complexity index is 379. The zero-order chi connectivity index (χ0) is 12.1. The van der Waals surface area contributed by atoms with E-state index in [1.807, 2.05) is 19.1 Å². The molecule has 16 heavy (non-hydrogen) atoms. The van der Waals surface area contributed by atoms with E-state index in [-0.39, 0.29) is 18.4 Å². The molecule has 0 spiro atoms. The second-order valence-corrected chi connectivity index (χ2v) is 4.05. The van der Waals surface area contributed by atoms with Gasteiger partial charge in [-0.25, -0.2) is 0 Å². The topological polar surface area (TPSA) is 52.3 Å². The predicted octanol–water partition coefficient (Wildman–Crippen LogP) is 2.60. The summed E-state index contributed by atoms with van der Waals surface area (Å²) in [6.07, 6.45) is 0.191. The maximum Gasteiger partial charge on any atom is 0.307 e. The van der Waals surface area contributed by atoms with Crippen molar-refractivity contribution in [3.63, 3.8) is 0 Å². The van der Waals surface area contributed by atoms with E-state index in [1.54, 1.807) is 13.0 Å². The van der Waals surface area contributed by atoms with Gasteiger partial charge in [0.1, 0.15) is 0 Å². The molecule has 0 saturated heterocycles. The van der Waals surface area contributed by atoms with Gasteiger partial charge in [0.25, 0.3) is 0 Å². The summed E-state index contributed by atoms with van der Waals surface area (Å²) in [5.74, 6) is -0.274. The van der Waals surface area contributed by atoms with E-state index in [1.165, 1.54) is 0 Å². The second kappa shape index (κ2) is 5.87. The third-order valence-corrected chi connectivity index (χ3v) is 2.56. The monoisotopic (exact) mass is 241 g/mol. The van der Waals surface area contributed by atoms with Crippen LogP contribution in [0.2, 0.25) is 5.02 Å². The molecule has 1 atom stereocenters. The SMILES string of the molecule is CCOC(=O)C[C@H](N)c1ccc(Cl)cc1C. The Hall–Kier alpha value is -1.06. The van der Waals surface area contributed by atoms with Gasteiger partial charge in [0, 0.05) is 11.1 Å². The van der Waals surface area contributed by atoms with Gasteiger partial charge in [-0.1, -0.05) is 17.7 Å². The van der Waals surface area contributed by atoms with Gasteiger partial charge >= 0.3 is 5.97 Å². The van der Waals surface area contributed by atoms with Crippen LogP contribution < -0.4 is 5.73 Å². The third kappa shape index (κ3) is 3.51. The Morgan fingerprint density at radius 2 is 2.25 bits per heavy atom. The lowest BCUT2D eigenvalue weighted by Crippen LogP contribution is -2.18. The van der Waals surface area contributed by atoms with Gasteiger partial charge in [0.15, 0.2) is 0 Å². The van der Waals surface area contributed by atoms with Gasteiger partial charge in [-0.05, 0) is 37.1 Å². The fourth-order valence-electron chi connectivity index (χ4n) is 1.56. The highest BCUT2D eigenvalue weighted by molar-refractivity contribution is 6.30. The number of hydrogen-bond donors (Lipinski definition) is 1. The summed E-state index contributed by atoms with van der Waals surface area (Å²) in [5.41, 5.74) is 7.85. The number of benzene rings is 1. The van der Waals surface area contributed by atoms with E-state index in [9.17, 15) is 4.79 Å². The third-order valence-electron chi connectivity index (χ3n) is 2.32. The van der Waals surface area contributed by atoms with E-state index >= 15 is 0 Å². The number of esters is 1. The summed E-state index contributed by atoms with van der Waals surface area (Å²) in [6.45, 7) is 4.08. The molecule has 0 bridgehead atoms. The van der Waals surface area contributed by atoms with E-state index < -0.39 is 0 Å². The lowest BCUT2D eigenvalue weighted by atomic mass is 10.00. The lowest BCUT2D eigenvalue weighted by molar-refractivity contribution is -0.143. The average molecular weight is 242 g/mol. The number of halogens is 1. The zero-order valence-corrected chi connectivity index (χ0v) is 10.3. The summed E-state index contributed by atoms with van der Waals surface area (Å²) < 4.78 is 4.85. The first-order valence-corrected chi connectivity index (χ1v) is 5.59. The molecular weight excluding hydrogens is 226 g/mol. The van der Waals surface area contributed by atoms with Crippen molar-refractivity contribution in [1.82, 2.24) is 0 Å². The maximum absolute atomic E-state index is 11.3. The predicted molar refractivity (Wildman–Crippen MR) is 64.4 cm³/mol. The normalized spacial score (nSPS) is 12.2. The fourth-order valence-corrected chi connectivity index (χ4v) is 1.79. The van der Waals surface area contributed by atoms with Crippen molar-refractivity contribution in [1.29, 1.82) is 0 Å². The molecule has 2 N–H and O–H groups in total. The van der Waals surface area contributed by atoms with Crippen molar-refractivity contribution in [3.8, 4) is 0 Å². The zero-order valence-electron chi connectivity index (χ0n) is 9.50. The molecule has 0 heterocycles.